The highest BCUT2D eigenvalue weighted by Crippen LogP contribution is 2.18. The molecule has 0 spiro atoms. The topological polar surface area (TPSA) is 84.5 Å². The summed E-state index contributed by atoms with van der Waals surface area (Å²) in [6.07, 6.45) is 1.81. The van der Waals surface area contributed by atoms with E-state index in [1.165, 1.54) is 0 Å². The summed E-state index contributed by atoms with van der Waals surface area (Å²) in [6.45, 7) is 5.46. The van der Waals surface area contributed by atoms with Crippen LogP contribution in [-0.2, 0) is 9.53 Å². The molecule has 0 aromatic heterocycles. The van der Waals surface area contributed by atoms with Crippen LogP contribution in [0.4, 0.5) is 5.69 Å². The number of ether oxygens (including phenoxy) is 1. The van der Waals surface area contributed by atoms with E-state index in [-0.39, 0.29) is 30.0 Å². The molecule has 0 radical (unpaired) electrons. The summed E-state index contributed by atoms with van der Waals surface area (Å²) in [6, 6.07) is 13.7. The molecule has 2 rings (SSSR count). The second-order valence-electron chi connectivity index (χ2n) is 6.70. The second-order valence-corrected chi connectivity index (χ2v) is 6.70. The molecule has 1 atom stereocenters. The Labute approximate surface area is 165 Å². The number of hydrogen-bond acceptors (Lipinski definition) is 4. The van der Waals surface area contributed by atoms with Gasteiger partial charge in [0.2, 0.25) is 0 Å². The number of rotatable bonds is 8. The van der Waals surface area contributed by atoms with E-state index in [1.54, 1.807) is 42.5 Å². The lowest BCUT2D eigenvalue weighted by Crippen LogP contribution is -2.35. The number of hydrogen-bond donors (Lipinski definition) is 2. The fraction of sp³-hybridized carbons (Fsp3) is 0.318. The summed E-state index contributed by atoms with van der Waals surface area (Å²) in [5, 5.41) is 5.51. The van der Waals surface area contributed by atoms with Gasteiger partial charge in [-0.3, -0.25) is 9.59 Å². The monoisotopic (exact) mass is 382 g/mol. The Kier molecular flexibility index (Phi) is 7.75. The lowest BCUT2D eigenvalue weighted by atomic mass is 10.1. The van der Waals surface area contributed by atoms with Gasteiger partial charge in [0.05, 0.1) is 11.3 Å². The van der Waals surface area contributed by atoms with Crippen molar-refractivity contribution < 1.29 is 19.1 Å². The quantitative estimate of drug-likeness (QED) is 0.682. The first-order chi connectivity index (χ1) is 13.4. The molecule has 148 valence electrons. The Morgan fingerprint density at radius 3 is 2.54 bits per heavy atom. The normalized spacial score (nSPS) is 11.4. The Balaban J connectivity index is 2.01. The van der Waals surface area contributed by atoms with Crippen molar-refractivity contribution in [2.24, 2.45) is 0 Å². The largest absolute Gasteiger partial charge is 0.452 e. The van der Waals surface area contributed by atoms with Gasteiger partial charge in [0.25, 0.3) is 11.8 Å². The molecule has 0 heterocycles. The molecule has 0 aliphatic rings. The fourth-order valence-corrected chi connectivity index (χ4v) is 2.78. The van der Waals surface area contributed by atoms with Gasteiger partial charge >= 0.3 is 5.97 Å². The maximum Gasteiger partial charge on any atom is 0.340 e. The van der Waals surface area contributed by atoms with Crippen LogP contribution in [0.1, 0.15) is 53.0 Å². The molecule has 2 amide bonds. The van der Waals surface area contributed by atoms with Crippen LogP contribution < -0.4 is 10.6 Å². The predicted octanol–water partition coefficient (Wildman–Crippen LogP) is 3.71. The Morgan fingerprint density at radius 2 is 1.82 bits per heavy atom. The SMILES string of the molecule is CCC[C@@H](C)NC(=O)COC(=O)c1ccccc1NC(=O)c1cccc(C)c1. The zero-order valence-electron chi connectivity index (χ0n) is 16.5. The van der Waals surface area contributed by atoms with Crippen LogP contribution in [0.25, 0.3) is 0 Å². The van der Waals surface area contributed by atoms with E-state index in [4.69, 9.17) is 4.74 Å². The van der Waals surface area contributed by atoms with Crippen LogP contribution in [0.2, 0.25) is 0 Å². The van der Waals surface area contributed by atoms with Gasteiger partial charge in [0.15, 0.2) is 6.61 Å². The average molecular weight is 382 g/mol. The van der Waals surface area contributed by atoms with Crippen LogP contribution in [0.3, 0.4) is 0 Å². The Morgan fingerprint density at radius 1 is 1.07 bits per heavy atom. The molecule has 2 aromatic carbocycles. The van der Waals surface area contributed by atoms with Crippen molar-refractivity contribution >= 4 is 23.5 Å². The van der Waals surface area contributed by atoms with E-state index < -0.39 is 5.97 Å². The third kappa shape index (κ3) is 6.23. The first-order valence-electron chi connectivity index (χ1n) is 9.34. The van der Waals surface area contributed by atoms with Gasteiger partial charge in [-0.05, 0) is 44.5 Å². The summed E-state index contributed by atoms with van der Waals surface area (Å²) >= 11 is 0. The van der Waals surface area contributed by atoms with Gasteiger partial charge in [-0.1, -0.05) is 43.2 Å². The fourth-order valence-electron chi connectivity index (χ4n) is 2.78. The smallest absolute Gasteiger partial charge is 0.340 e. The maximum absolute atomic E-state index is 12.5. The van der Waals surface area contributed by atoms with Crippen molar-refractivity contribution in [1.82, 2.24) is 5.32 Å². The first kappa shape index (κ1) is 21.2. The molecule has 6 nitrogen and oxygen atoms in total. The van der Waals surface area contributed by atoms with Gasteiger partial charge in [0.1, 0.15) is 0 Å². The van der Waals surface area contributed by atoms with E-state index >= 15 is 0 Å². The highest BCUT2D eigenvalue weighted by atomic mass is 16.5. The molecular weight excluding hydrogens is 356 g/mol. The first-order valence-corrected chi connectivity index (χ1v) is 9.34. The molecular formula is C22H26N2O4. The van der Waals surface area contributed by atoms with Crippen molar-refractivity contribution in [1.29, 1.82) is 0 Å². The highest BCUT2D eigenvalue weighted by Gasteiger charge is 2.17. The number of para-hydroxylation sites is 1. The Bertz CT molecular complexity index is 848. The molecule has 2 N–H and O–H groups in total. The summed E-state index contributed by atoms with van der Waals surface area (Å²) in [4.78, 5) is 36.7. The second kappa shape index (κ2) is 10.3. The molecule has 0 unspecified atom stereocenters. The molecule has 0 aliphatic carbocycles. The zero-order valence-corrected chi connectivity index (χ0v) is 16.5. The molecule has 2 aromatic rings. The number of esters is 1. The van der Waals surface area contributed by atoms with Crippen LogP contribution in [0.5, 0.6) is 0 Å². The van der Waals surface area contributed by atoms with Gasteiger partial charge in [0, 0.05) is 11.6 Å². The Hall–Kier alpha value is -3.15. The van der Waals surface area contributed by atoms with Gasteiger partial charge in [-0.15, -0.1) is 0 Å². The van der Waals surface area contributed by atoms with Crippen molar-refractivity contribution in [3.8, 4) is 0 Å². The van der Waals surface area contributed by atoms with Gasteiger partial charge in [-0.2, -0.15) is 0 Å². The maximum atomic E-state index is 12.5. The third-order valence-electron chi connectivity index (χ3n) is 4.14. The van der Waals surface area contributed by atoms with Crippen LogP contribution in [0.15, 0.2) is 48.5 Å². The van der Waals surface area contributed by atoms with Crippen LogP contribution in [0, 0.1) is 6.92 Å². The minimum Gasteiger partial charge on any atom is -0.452 e. The lowest BCUT2D eigenvalue weighted by Gasteiger charge is -2.14. The molecule has 0 saturated heterocycles. The summed E-state index contributed by atoms with van der Waals surface area (Å²) in [7, 11) is 0. The third-order valence-corrected chi connectivity index (χ3v) is 4.14. The number of nitrogens with one attached hydrogen (secondary N) is 2. The van der Waals surface area contributed by atoms with E-state index in [0.29, 0.717) is 11.3 Å². The van der Waals surface area contributed by atoms with E-state index in [1.807, 2.05) is 26.8 Å². The van der Waals surface area contributed by atoms with Crippen molar-refractivity contribution in [2.75, 3.05) is 11.9 Å². The number of benzene rings is 2. The summed E-state index contributed by atoms with van der Waals surface area (Å²) in [5.74, 6) is -1.34. The van der Waals surface area contributed by atoms with Crippen molar-refractivity contribution in [3.63, 3.8) is 0 Å². The van der Waals surface area contributed by atoms with Crippen molar-refractivity contribution in [3.05, 3.63) is 65.2 Å². The van der Waals surface area contributed by atoms with E-state index in [9.17, 15) is 14.4 Å². The van der Waals surface area contributed by atoms with Crippen LogP contribution >= 0.6 is 0 Å². The molecule has 0 fully saturated rings. The average Bonchev–Trinajstić information content (AvgIpc) is 2.66. The minimum absolute atomic E-state index is 0.0251. The summed E-state index contributed by atoms with van der Waals surface area (Å²) < 4.78 is 5.11. The molecule has 0 bridgehead atoms. The predicted molar refractivity (Wildman–Crippen MR) is 108 cm³/mol. The summed E-state index contributed by atoms with van der Waals surface area (Å²) in [5.41, 5.74) is 1.98. The lowest BCUT2D eigenvalue weighted by molar-refractivity contribution is -0.124. The number of aryl methyl sites for hydroxylation is 1. The van der Waals surface area contributed by atoms with E-state index in [0.717, 1.165) is 18.4 Å². The highest BCUT2D eigenvalue weighted by molar-refractivity contribution is 6.08. The van der Waals surface area contributed by atoms with Crippen molar-refractivity contribution in [2.45, 2.75) is 39.7 Å². The number of carbonyl (C=O) groups is 3. The molecule has 28 heavy (non-hydrogen) atoms. The molecule has 6 heteroatoms. The number of anilines is 1. The van der Waals surface area contributed by atoms with Crippen LogP contribution in [-0.4, -0.2) is 30.4 Å². The van der Waals surface area contributed by atoms with Gasteiger partial charge in [-0.25, -0.2) is 4.79 Å². The minimum atomic E-state index is -0.668. The molecule has 0 aliphatic heterocycles. The standard InChI is InChI=1S/C22H26N2O4/c1-4-8-16(3)23-20(25)14-28-22(27)18-11-5-6-12-19(18)24-21(26)17-10-7-9-15(2)13-17/h5-7,9-13,16H,4,8,14H2,1-3H3,(H,23,25)(H,24,26)/t16-/m1/s1. The zero-order chi connectivity index (χ0) is 20.5. The number of amides is 2. The van der Waals surface area contributed by atoms with E-state index in [2.05, 4.69) is 10.6 Å². The number of carbonyl (C=O) groups excluding carboxylic acids is 3. The van der Waals surface area contributed by atoms with Gasteiger partial charge < -0.3 is 15.4 Å². The molecule has 0 saturated carbocycles.